The molecule has 0 aromatic carbocycles. The van der Waals surface area contributed by atoms with E-state index >= 15 is 0 Å². The quantitative estimate of drug-likeness (QED) is 0.571. The van der Waals surface area contributed by atoms with Gasteiger partial charge >= 0.3 is 0 Å². The van der Waals surface area contributed by atoms with Gasteiger partial charge in [0.25, 0.3) is 11.5 Å². The highest BCUT2D eigenvalue weighted by atomic mass is 16.5. The van der Waals surface area contributed by atoms with Crippen molar-refractivity contribution in [1.29, 1.82) is 0 Å². The number of aromatic amines is 2. The van der Waals surface area contributed by atoms with E-state index in [9.17, 15) is 9.59 Å². The van der Waals surface area contributed by atoms with Crippen molar-refractivity contribution >= 4 is 12.1 Å². The van der Waals surface area contributed by atoms with Crippen LogP contribution in [0.2, 0.25) is 0 Å². The normalized spacial score (nSPS) is 13.8. The molecule has 1 amide bonds. The SMILES string of the molecule is COc1cc(/C=N/NC(=O)c2n[nH]c3c2CCCC3)c[nH]c1=O. The number of fused-ring (bicyclic) bond motifs is 1. The summed E-state index contributed by atoms with van der Waals surface area (Å²) in [6, 6.07) is 1.53. The zero-order chi connectivity index (χ0) is 16.2. The molecule has 2 aromatic rings. The molecule has 2 aromatic heterocycles. The van der Waals surface area contributed by atoms with Gasteiger partial charge in [0, 0.05) is 23.0 Å². The minimum absolute atomic E-state index is 0.182. The number of carbonyl (C=O) groups excluding carboxylic acids is 1. The third-order valence-corrected chi connectivity index (χ3v) is 3.76. The highest BCUT2D eigenvalue weighted by Gasteiger charge is 2.21. The number of methoxy groups -OCH3 is 1. The average Bonchev–Trinajstić information content (AvgIpc) is 3.00. The van der Waals surface area contributed by atoms with Gasteiger partial charge in [-0.15, -0.1) is 0 Å². The lowest BCUT2D eigenvalue weighted by atomic mass is 9.96. The summed E-state index contributed by atoms with van der Waals surface area (Å²) in [5.74, 6) is -0.168. The highest BCUT2D eigenvalue weighted by Crippen LogP contribution is 2.21. The van der Waals surface area contributed by atoms with Crippen LogP contribution < -0.4 is 15.7 Å². The monoisotopic (exact) mass is 315 g/mol. The standard InChI is InChI=1S/C15H17N5O3/c1-23-12-6-9(7-16-14(12)21)8-17-20-15(22)13-10-4-2-3-5-11(10)18-19-13/h6-8H,2-5H2,1H3,(H,16,21)(H,18,19)(H,20,22)/b17-8+. The Morgan fingerprint density at radius 3 is 3.09 bits per heavy atom. The minimum atomic E-state index is -0.350. The Balaban J connectivity index is 1.69. The fourth-order valence-electron chi connectivity index (χ4n) is 2.59. The lowest BCUT2D eigenvalue weighted by molar-refractivity contribution is 0.0949. The van der Waals surface area contributed by atoms with E-state index in [1.165, 1.54) is 25.6 Å². The van der Waals surface area contributed by atoms with E-state index in [-0.39, 0.29) is 17.2 Å². The van der Waals surface area contributed by atoms with Gasteiger partial charge in [-0.1, -0.05) is 0 Å². The summed E-state index contributed by atoms with van der Waals surface area (Å²) in [6.07, 6.45) is 6.87. The first kappa shape index (κ1) is 15.0. The average molecular weight is 315 g/mol. The first-order valence-electron chi connectivity index (χ1n) is 7.35. The zero-order valence-corrected chi connectivity index (χ0v) is 12.7. The van der Waals surface area contributed by atoms with Crippen LogP contribution in [0.15, 0.2) is 22.2 Å². The minimum Gasteiger partial charge on any atom is -0.491 e. The van der Waals surface area contributed by atoms with Crippen molar-refractivity contribution < 1.29 is 9.53 Å². The Hall–Kier alpha value is -2.90. The summed E-state index contributed by atoms with van der Waals surface area (Å²) >= 11 is 0. The molecule has 0 spiro atoms. The number of hydrogen-bond acceptors (Lipinski definition) is 5. The maximum Gasteiger partial charge on any atom is 0.292 e. The maximum atomic E-state index is 12.2. The van der Waals surface area contributed by atoms with Crippen molar-refractivity contribution in [3.63, 3.8) is 0 Å². The second-order valence-corrected chi connectivity index (χ2v) is 5.27. The number of carbonyl (C=O) groups is 1. The zero-order valence-electron chi connectivity index (χ0n) is 12.7. The molecule has 2 heterocycles. The summed E-state index contributed by atoms with van der Waals surface area (Å²) in [7, 11) is 1.41. The third-order valence-electron chi connectivity index (χ3n) is 3.76. The molecule has 3 rings (SSSR count). The number of H-pyrrole nitrogens is 2. The number of aryl methyl sites for hydroxylation is 1. The molecule has 0 aliphatic heterocycles. The summed E-state index contributed by atoms with van der Waals surface area (Å²) in [4.78, 5) is 26.0. The Kier molecular flexibility index (Phi) is 4.22. The predicted molar refractivity (Wildman–Crippen MR) is 83.9 cm³/mol. The highest BCUT2D eigenvalue weighted by molar-refractivity contribution is 5.94. The number of pyridine rings is 1. The molecular formula is C15H17N5O3. The van der Waals surface area contributed by atoms with Crippen LogP contribution in [-0.4, -0.2) is 34.4 Å². The van der Waals surface area contributed by atoms with E-state index in [0.29, 0.717) is 11.3 Å². The molecule has 3 N–H and O–H groups in total. The lowest BCUT2D eigenvalue weighted by Crippen LogP contribution is -2.20. The summed E-state index contributed by atoms with van der Waals surface area (Å²) in [6.45, 7) is 0. The molecule has 120 valence electrons. The second kappa shape index (κ2) is 6.47. The topological polar surface area (TPSA) is 112 Å². The molecule has 0 saturated carbocycles. The van der Waals surface area contributed by atoms with Crippen LogP contribution in [0.3, 0.4) is 0 Å². The smallest absolute Gasteiger partial charge is 0.292 e. The van der Waals surface area contributed by atoms with Gasteiger partial charge in [0.15, 0.2) is 11.4 Å². The van der Waals surface area contributed by atoms with Crippen LogP contribution in [0.25, 0.3) is 0 Å². The van der Waals surface area contributed by atoms with E-state index in [0.717, 1.165) is 36.9 Å². The molecule has 8 heteroatoms. The van der Waals surface area contributed by atoms with E-state index in [2.05, 4.69) is 25.7 Å². The lowest BCUT2D eigenvalue weighted by Gasteiger charge is -2.10. The first-order chi connectivity index (χ1) is 11.2. The van der Waals surface area contributed by atoms with E-state index < -0.39 is 0 Å². The van der Waals surface area contributed by atoms with E-state index in [1.807, 2.05) is 0 Å². The number of nitrogens with one attached hydrogen (secondary N) is 3. The summed E-state index contributed by atoms with van der Waals surface area (Å²) in [5.41, 5.74) is 5.15. The van der Waals surface area contributed by atoms with Gasteiger partial charge in [-0.3, -0.25) is 14.7 Å². The number of amides is 1. The van der Waals surface area contributed by atoms with Crippen molar-refractivity contribution in [2.75, 3.05) is 7.11 Å². The number of rotatable bonds is 4. The molecule has 8 nitrogen and oxygen atoms in total. The van der Waals surface area contributed by atoms with Gasteiger partial charge in [-0.05, 0) is 31.7 Å². The molecule has 0 unspecified atom stereocenters. The predicted octanol–water partition coefficient (Wildman–Crippen LogP) is 0.749. The molecule has 0 fully saturated rings. The molecule has 23 heavy (non-hydrogen) atoms. The Labute approximate surface area is 132 Å². The van der Waals surface area contributed by atoms with Gasteiger partial charge in [-0.2, -0.15) is 10.2 Å². The van der Waals surface area contributed by atoms with Crippen LogP contribution in [0.1, 0.15) is 40.2 Å². The van der Waals surface area contributed by atoms with E-state index in [1.54, 1.807) is 0 Å². The molecule has 0 atom stereocenters. The molecule has 0 bridgehead atoms. The van der Waals surface area contributed by atoms with Gasteiger partial charge in [-0.25, -0.2) is 5.43 Å². The summed E-state index contributed by atoms with van der Waals surface area (Å²) in [5, 5.41) is 10.9. The van der Waals surface area contributed by atoms with Crippen molar-refractivity contribution in [3.8, 4) is 5.75 Å². The fourth-order valence-corrected chi connectivity index (χ4v) is 2.59. The Bertz CT molecular complexity index is 806. The number of ether oxygens (including phenoxy) is 1. The molecule has 1 aliphatic rings. The number of aromatic nitrogens is 3. The maximum absolute atomic E-state index is 12.2. The number of hydrazone groups is 1. The van der Waals surface area contributed by atoms with E-state index in [4.69, 9.17) is 4.74 Å². The number of nitrogens with zero attached hydrogens (tertiary/aromatic N) is 2. The number of hydrogen-bond donors (Lipinski definition) is 3. The van der Waals surface area contributed by atoms with Gasteiger partial charge < -0.3 is 9.72 Å². The summed E-state index contributed by atoms with van der Waals surface area (Å²) < 4.78 is 4.93. The van der Waals surface area contributed by atoms with Crippen molar-refractivity contribution in [3.05, 3.63) is 45.1 Å². The first-order valence-corrected chi connectivity index (χ1v) is 7.35. The van der Waals surface area contributed by atoms with Crippen molar-refractivity contribution in [2.45, 2.75) is 25.7 Å². The van der Waals surface area contributed by atoms with Crippen LogP contribution >= 0.6 is 0 Å². The van der Waals surface area contributed by atoms with Gasteiger partial charge in [0.05, 0.1) is 13.3 Å². The second-order valence-electron chi connectivity index (χ2n) is 5.27. The van der Waals surface area contributed by atoms with Gasteiger partial charge in [0.2, 0.25) is 0 Å². The van der Waals surface area contributed by atoms with Gasteiger partial charge in [0.1, 0.15) is 0 Å². The van der Waals surface area contributed by atoms with Crippen LogP contribution in [0.5, 0.6) is 5.75 Å². The molecule has 0 radical (unpaired) electrons. The Morgan fingerprint density at radius 2 is 2.26 bits per heavy atom. The van der Waals surface area contributed by atoms with Crippen molar-refractivity contribution in [2.24, 2.45) is 5.10 Å². The third kappa shape index (κ3) is 3.15. The van der Waals surface area contributed by atoms with Crippen LogP contribution in [-0.2, 0) is 12.8 Å². The molecule has 1 aliphatic carbocycles. The van der Waals surface area contributed by atoms with Crippen LogP contribution in [0.4, 0.5) is 0 Å². The largest absolute Gasteiger partial charge is 0.491 e. The van der Waals surface area contributed by atoms with Crippen LogP contribution in [0, 0.1) is 0 Å². The Morgan fingerprint density at radius 1 is 1.43 bits per heavy atom. The van der Waals surface area contributed by atoms with Crippen molar-refractivity contribution in [1.82, 2.24) is 20.6 Å². The fraction of sp³-hybridized carbons (Fsp3) is 0.333. The molecular weight excluding hydrogens is 298 g/mol. The molecule has 0 saturated heterocycles.